The van der Waals surface area contributed by atoms with E-state index in [1.54, 1.807) is 24.3 Å². The number of amides is 1. The molecule has 0 aliphatic rings. The molecule has 1 N–H and O–H groups in total. The fourth-order valence-electron chi connectivity index (χ4n) is 1.76. The van der Waals surface area contributed by atoms with Gasteiger partial charge in [-0.3, -0.25) is 4.79 Å². The number of benzene rings is 2. The monoisotopic (exact) mass is 365 g/mol. The van der Waals surface area contributed by atoms with Crippen LogP contribution in [0.25, 0.3) is 0 Å². The molecule has 22 heavy (non-hydrogen) atoms. The van der Waals surface area contributed by atoms with Crippen LogP contribution in [-0.4, -0.2) is 18.5 Å². The molecule has 0 aliphatic heterocycles. The van der Waals surface area contributed by atoms with E-state index < -0.39 is 24.3 Å². The Bertz CT molecular complexity index is 718. The summed E-state index contributed by atoms with van der Waals surface area (Å²) in [6.45, 7) is 1.36. The van der Waals surface area contributed by atoms with Crippen molar-refractivity contribution in [3.63, 3.8) is 0 Å². The van der Waals surface area contributed by atoms with Gasteiger partial charge in [0.2, 0.25) is 0 Å². The Hall–Kier alpha value is -2.21. The van der Waals surface area contributed by atoms with Gasteiger partial charge in [0.1, 0.15) is 5.82 Å². The molecular weight excluding hydrogens is 353 g/mol. The van der Waals surface area contributed by atoms with Crippen molar-refractivity contribution < 1.29 is 18.7 Å². The van der Waals surface area contributed by atoms with Crippen molar-refractivity contribution in [1.82, 2.24) is 0 Å². The van der Waals surface area contributed by atoms with E-state index in [-0.39, 0.29) is 5.69 Å². The van der Waals surface area contributed by atoms with Crippen LogP contribution >= 0.6 is 15.9 Å². The lowest BCUT2D eigenvalue weighted by atomic mass is 10.1. The van der Waals surface area contributed by atoms with Gasteiger partial charge in [-0.15, -0.1) is 0 Å². The third-order valence-corrected chi connectivity index (χ3v) is 3.29. The van der Waals surface area contributed by atoms with Gasteiger partial charge in [-0.25, -0.2) is 9.18 Å². The second-order valence-corrected chi connectivity index (χ2v) is 5.53. The smallest absolute Gasteiger partial charge is 0.338 e. The van der Waals surface area contributed by atoms with Gasteiger partial charge >= 0.3 is 5.97 Å². The Balaban J connectivity index is 1.91. The van der Waals surface area contributed by atoms with Gasteiger partial charge in [-0.05, 0) is 37.3 Å². The highest BCUT2D eigenvalue weighted by Gasteiger charge is 2.12. The Morgan fingerprint density at radius 3 is 2.68 bits per heavy atom. The van der Waals surface area contributed by atoms with Gasteiger partial charge in [0.05, 0.1) is 11.3 Å². The Morgan fingerprint density at radius 1 is 1.23 bits per heavy atom. The third-order valence-electron chi connectivity index (χ3n) is 2.79. The van der Waals surface area contributed by atoms with Crippen molar-refractivity contribution in [3.05, 3.63) is 63.9 Å². The second kappa shape index (κ2) is 7.17. The molecule has 114 valence electrons. The molecule has 2 aromatic rings. The number of ether oxygens (including phenoxy) is 1. The summed E-state index contributed by atoms with van der Waals surface area (Å²) in [4.78, 5) is 23.5. The number of carbonyl (C=O) groups is 2. The molecule has 0 atom stereocenters. The first-order valence-corrected chi connectivity index (χ1v) is 7.23. The van der Waals surface area contributed by atoms with Crippen LogP contribution < -0.4 is 5.32 Å². The molecule has 0 bridgehead atoms. The first-order valence-electron chi connectivity index (χ1n) is 6.44. The molecule has 0 aromatic heterocycles. The summed E-state index contributed by atoms with van der Waals surface area (Å²) in [5, 5.41) is 2.34. The number of aryl methyl sites for hydroxylation is 1. The van der Waals surface area contributed by atoms with Crippen LogP contribution in [0.2, 0.25) is 0 Å². The minimum atomic E-state index is -0.609. The van der Waals surface area contributed by atoms with Crippen LogP contribution in [0, 0.1) is 12.7 Å². The lowest BCUT2D eigenvalue weighted by Crippen LogP contribution is -2.21. The van der Waals surface area contributed by atoms with E-state index in [1.807, 2.05) is 13.0 Å². The van der Waals surface area contributed by atoms with Crippen LogP contribution in [0.5, 0.6) is 0 Å². The van der Waals surface area contributed by atoms with Crippen molar-refractivity contribution in [2.45, 2.75) is 6.92 Å². The van der Waals surface area contributed by atoms with Crippen LogP contribution in [0.15, 0.2) is 46.9 Å². The number of esters is 1. The van der Waals surface area contributed by atoms with Crippen molar-refractivity contribution in [3.8, 4) is 0 Å². The van der Waals surface area contributed by atoms with Crippen LogP contribution in [0.1, 0.15) is 15.9 Å². The summed E-state index contributed by atoms with van der Waals surface area (Å²) >= 11 is 3.12. The standard InChI is InChI=1S/C16H13BrFNO3/c1-10-3-2-4-11(7-10)16(21)22-9-15(20)19-14-6-5-12(17)8-13(14)18/h2-8H,9H2,1H3,(H,19,20). The highest BCUT2D eigenvalue weighted by molar-refractivity contribution is 9.10. The predicted molar refractivity (Wildman–Crippen MR) is 84.2 cm³/mol. The van der Waals surface area contributed by atoms with E-state index in [0.29, 0.717) is 10.0 Å². The molecule has 1 amide bonds. The first kappa shape index (κ1) is 16.2. The summed E-state index contributed by atoms with van der Waals surface area (Å²) in [6.07, 6.45) is 0. The minimum Gasteiger partial charge on any atom is -0.452 e. The lowest BCUT2D eigenvalue weighted by molar-refractivity contribution is -0.119. The molecule has 0 aliphatic carbocycles. The van der Waals surface area contributed by atoms with Gasteiger partial charge < -0.3 is 10.1 Å². The fraction of sp³-hybridized carbons (Fsp3) is 0.125. The number of hydrogen-bond acceptors (Lipinski definition) is 3. The predicted octanol–water partition coefficient (Wildman–Crippen LogP) is 3.69. The number of halogens is 2. The number of nitrogens with one attached hydrogen (secondary N) is 1. The molecule has 0 fully saturated rings. The highest BCUT2D eigenvalue weighted by Crippen LogP contribution is 2.19. The van der Waals surface area contributed by atoms with Crippen molar-refractivity contribution in [2.75, 3.05) is 11.9 Å². The Kier molecular flexibility index (Phi) is 5.27. The Morgan fingerprint density at radius 2 is 2.00 bits per heavy atom. The SMILES string of the molecule is Cc1cccc(C(=O)OCC(=O)Nc2ccc(Br)cc2F)c1. The number of hydrogen-bond donors (Lipinski definition) is 1. The highest BCUT2D eigenvalue weighted by atomic mass is 79.9. The van der Waals surface area contributed by atoms with Crippen LogP contribution in [0.3, 0.4) is 0 Å². The average molecular weight is 366 g/mol. The molecule has 2 rings (SSSR count). The van der Waals surface area contributed by atoms with Gasteiger partial charge in [-0.1, -0.05) is 33.6 Å². The van der Waals surface area contributed by atoms with Gasteiger partial charge in [-0.2, -0.15) is 0 Å². The zero-order valence-corrected chi connectivity index (χ0v) is 13.3. The fourth-order valence-corrected chi connectivity index (χ4v) is 2.10. The van der Waals surface area contributed by atoms with Crippen LogP contribution in [0.4, 0.5) is 10.1 Å². The summed E-state index contributed by atoms with van der Waals surface area (Å²) in [6, 6.07) is 11.1. The van der Waals surface area contributed by atoms with E-state index in [4.69, 9.17) is 4.74 Å². The molecular formula is C16H13BrFNO3. The largest absolute Gasteiger partial charge is 0.452 e. The maximum Gasteiger partial charge on any atom is 0.338 e. The average Bonchev–Trinajstić information content (AvgIpc) is 2.47. The van der Waals surface area contributed by atoms with Crippen LogP contribution in [-0.2, 0) is 9.53 Å². The zero-order chi connectivity index (χ0) is 16.1. The lowest BCUT2D eigenvalue weighted by Gasteiger charge is -2.08. The summed E-state index contributed by atoms with van der Waals surface area (Å²) in [5.41, 5.74) is 1.30. The maximum atomic E-state index is 13.6. The molecule has 0 saturated heterocycles. The molecule has 0 radical (unpaired) electrons. The maximum absolute atomic E-state index is 13.6. The molecule has 6 heteroatoms. The minimum absolute atomic E-state index is 0.0276. The van der Waals surface area contributed by atoms with E-state index in [2.05, 4.69) is 21.2 Å². The zero-order valence-electron chi connectivity index (χ0n) is 11.7. The number of rotatable bonds is 4. The van der Waals surface area contributed by atoms with E-state index >= 15 is 0 Å². The molecule has 0 heterocycles. The van der Waals surface area contributed by atoms with Crippen molar-refractivity contribution in [1.29, 1.82) is 0 Å². The molecule has 0 spiro atoms. The molecule has 2 aromatic carbocycles. The van der Waals surface area contributed by atoms with Gasteiger partial charge in [0.15, 0.2) is 6.61 Å². The topological polar surface area (TPSA) is 55.4 Å². The van der Waals surface area contributed by atoms with E-state index in [0.717, 1.165) is 5.56 Å². The van der Waals surface area contributed by atoms with Crippen molar-refractivity contribution in [2.24, 2.45) is 0 Å². The second-order valence-electron chi connectivity index (χ2n) is 4.62. The number of carbonyl (C=O) groups excluding carboxylic acids is 2. The Labute approximate surface area is 135 Å². The normalized spacial score (nSPS) is 10.1. The summed E-state index contributed by atoms with van der Waals surface area (Å²) < 4.78 is 19.0. The number of anilines is 1. The third kappa shape index (κ3) is 4.39. The van der Waals surface area contributed by atoms with Gasteiger partial charge in [0.25, 0.3) is 5.91 Å². The van der Waals surface area contributed by atoms with E-state index in [9.17, 15) is 14.0 Å². The molecule has 0 saturated carbocycles. The molecule has 4 nitrogen and oxygen atoms in total. The van der Waals surface area contributed by atoms with E-state index in [1.165, 1.54) is 12.1 Å². The summed E-state index contributed by atoms with van der Waals surface area (Å²) in [5.74, 6) is -1.79. The van der Waals surface area contributed by atoms with Gasteiger partial charge in [0, 0.05) is 4.47 Å². The molecule has 0 unspecified atom stereocenters. The quantitative estimate of drug-likeness (QED) is 0.840. The van der Waals surface area contributed by atoms with Crippen molar-refractivity contribution >= 4 is 33.5 Å². The summed E-state index contributed by atoms with van der Waals surface area (Å²) in [7, 11) is 0. The first-order chi connectivity index (χ1) is 10.5.